The summed E-state index contributed by atoms with van der Waals surface area (Å²) in [5.41, 5.74) is 0. The summed E-state index contributed by atoms with van der Waals surface area (Å²) in [7, 11) is 0. The number of imide groups is 1. The summed E-state index contributed by atoms with van der Waals surface area (Å²) in [5.74, 6) is -1.32. The number of hydrogen-bond acceptors (Lipinski definition) is 3. The normalized spacial score (nSPS) is 9.83. The van der Waals surface area contributed by atoms with Gasteiger partial charge in [0.15, 0.2) is 0 Å². The molecule has 0 rings (SSSR count). The van der Waals surface area contributed by atoms with Crippen LogP contribution < -0.4 is 5.32 Å². The molecule has 4 nitrogen and oxygen atoms in total. The van der Waals surface area contributed by atoms with Gasteiger partial charge in [0, 0.05) is 0 Å². The van der Waals surface area contributed by atoms with Crippen LogP contribution in [0, 0.1) is 0 Å². The Morgan fingerprint density at radius 3 is 2.33 bits per heavy atom. The van der Waals surface area contributed by atoms with Gasteiger partial charge < -0.3 is 0 Å². The highest BCUT2D eigenvalue weighted by Crippen LogP contribution is 1.82. The van der Waals surface area contributed by atoms with Crippen LogP contribution in [0.2, 0.25) is 0 Å². The second-order valence-corrected chi connectivity index (χ2v) is 2.29. The fourth-order valence-corrected chi connectivity index (χ4v) is 0.601. The Kier molecular flexibility index (Phi) is 4.60. The molecular weight excluding hydrogens is 158 g/mol. The van der Waals surface area contributed by atoms with Crippen molar-refractivity contribution in [3.63, 3.8) is 0 Å². The first kappa shape index (κ1) is 10.6. The lowest BCUT2D eigenvalue weighted by atomic mass is 10.3. The van der Waals surface area contributed by atoms with Gasteiger partial charge in [-0.2, -0.15) is 0 Å². The Morgan fingerprint density at radius 1 is 1.33 bits per heavy atom. The molecule has 12 heavy (non-hydrogen) atoms. The van der Waals surface area contributed by atoms with E-state index in [1.165, 1.54) is 19.1 Å². The molecule has 4 heteroatoms. The zero-order valence-electron chi connectivity index (χ0n) is 7.09. The molecule has 0 aromatic heterocycles. The Hall–Kier alpha value is -1.45. The van der Waals surface area contributed by atoms with Crippen molar-refractivity contribution < 1.29 is 14.4 Å². The van der Waals surface area contributed by atoms with Crippen molar-refractivity contribution in [1.82, 2.24) is 5.32 Å². The van der Waals surface area contributed by atoms with Gasteiger partial charge in [0.25, 0.3) is 0 Å². The van der Waals surface area contributed by atoms with E-state index < -0.39 is 11.8 Å². The summed E-state index contributed by atoms with van der Waals surface area (Å²) in [4.78, 5) is 31.9. The first-order chi connectivity index (χ1) is 5.56. The van der Waals surface area contributed by atoms with Gasteiger partial charge >= 0.3 is 0 Å². The molecule has 2 amide bonds. The molecule has 0 atom stereocenters. The molecular formula is C8H11NO3. The SMILES string of the molecule is C/C=C/C(=O)NC(=O)CC(C)=O. The lowest BCUT2D eigenvalue weighted by Gasteiger charge is -1.96. The number of ketones is 1. The van der Waals surface area contributed by atoms with Gasteiger partial charge in [-0.3, -0.25) is 19.7 Å². The maximum atomic E-state index is 10.8. The highest BCUT2D eigenvalue weighted by atomic mass is 16.2. The summed E-state index contributed by atoms with van der Waals surface area (Å²) >= 11 is 0. The van der Waals surface area contributed by atoms with Crippen molar-refractivity contribution in [1.29, 1.82) is 0 Å². The lowest BCUT2D eigenvalue weighted by molar-refractivity contribution is -0.130. The molecule has 0 spiro atoms. The van der Waals surface area contributed by atoms with Crippen LogP contribution in [0.25, 0.3) is 0 Å². The molecule has 0 aliphatic carbocycles. The molecule has 0 aromatic rings. The average Bonchev–Trinajstić information content (AvgIpc) is 1.84. The van der Waals surface area contributed by atoms with Crippen LogP contribution >= 0.6 is 0 Å². The third-order valence-electron chi connectivity index (χ3n) is 0.990. The number of rotatable bonds is 3. The number of allylic oxidation sites excluding steroid dienone is 1. The summed E-state index contributed by atoms with van der Waals surface area (Å²) in [6.45, 7) is 2.95. The van der Waals surface area contributed by atoms with E-state index in [1.54, 1.807) is 6.92 Å². The van der Waals surface area contributed by atoms with Gasteiger partial charge in [-0.15, -0.1) is 0 Å². The number of hydrogen-bond donors (Lipinski definition) is 1. The van der Waals surface area contributed by atoms with Crippen LogP contribution in [0.3, 0.4) is 0 Å². The van der Waals surface area contributed by atoms with E-state index in [0.29, 0.717) is 0 Å². The van der Waals surface area contributed by atoms with Crippen LogP contribution in [0.5, 0.6) is 0 Å². The summed E-state index contributed by atoms with van der Waals surface area (Å²) in [6, 6.07) is 0. The van der Waals surface area contributed by atoms with Crippen molar-refractivity contribution >= 4 is 17.6 Å². The lowest BCUT2D eigenvalue weighted by Crippen LogP contribution is -2.29. The van der Waals surface area contributed by atoms with Crippen molar-refractivity contribution in [3.05, 3.63) is 12.2 Å². The summed E-state index contributed by atoms with van der Waals surface area (Å²) in [6.07, 6.45) is 2.48. The predicted octanol–water partition coefficient (Wildman–Crippen LogP) is 0.184. The van der Waals surface area contributed by atoms with Gasteiger partial charge in [-0.1, -0.05) is 6.08 Å². The molecule has 0 saturated heterocycles. The van der Waals surface area contributed by atoms with Crippen LogP contribution in [0.4, 0.5) is 0 Å². The van der Waals surface area contributed by atoms with Crippen LogP contribution in [-0.4, -0.2) is 17.6 Å². The minimum absolute atomic E-state index is 0.247. The van der Waals surface area contributed by atoms with Crippen molar-refractivity contribution in [2.24, 2.45) is 0 Å². The summed E-state index contributed by atoms with van der Waals surface area (Å²) in [5, 5.41) is 2.03. The van der Waals surface area contributed by atoms with E-state index >= 15 is 0 Å². The van der Waals surface area contributed by atoms with Gasteiger partial charge in [0.1, 0.15) is 5.78 Å². The van der Waals surface area contributed by atoms with E-state index in [9.17, 15) is 14.4 Å². The maximum absolute atomic E-state index is 10.8. The third kappa shape index (κ3) is 5.34. The highest BCUT2D eigenvalue weighted by Gasteiger charge is 2.06. The average molecular weight is 169 g/mol. The van der Waals surface area contributed by atoms with Crippen molar-refractivity contribution in [2.45, 2.75) is 20.3 Å². The Bertz CT molecular complexity index is 230. The van der Waals surface area contributed by atoms with Crippen LogP contribution in [0.15, 0.2) is 12.2 Å². The molecule has 0 radical (unpaired) electrons. The second kappa shape index (κ2) is 5.23. The highest BCUT2D eigenvalue weighted by molar-refractivity contribution is 6.06. The first-order valence-electron chi connectivity index (χ1n) is 3.52. The van der Waals surface area contributed by atoms with E-state index in [1.807, 2.05) is 5.32 Å². The summed E-state index contributed by atoms with van der Waals surface area (Å²) < 4.78 is 0. The molecule has 0 fully saturated rings. The Morgan fingerprint density at radius 2 is 1.92 bits per heavy atom. The zero-order valence-corrected chi connectivity index (χ0v) is 7.09. The molecule has 0 aliphatic rings. The van der Waals surface area contributed by atoms with Gasteiger partial charge in [-0.25, -0.2) is 0 Å². The molecule has 66 valence electrons. The molecule has 0 bridgehead atoms. The minimum Gasteiger partial charge on any atom is -0.299 e. The maximum Gasteiger partial charge on any atom is 0.250 e. The van der Waals surface area contributed by atoms with Gasteiger partial charge in [0.05, 0.1) is 6.42 Å². The smallest absolute Gasteiger partial charge is 0.250 e. The fraction of sp³-hybridized carbons (Fsp3) is 0.375. The number of nitrogens with one attached hydrogen (secondary N) is 1. The predicted molar refractivity (Wildman–Crippen MR) is 43.3 cm³/mol. The molecule has 0 aliphatic heterocycles. The first-order valence-corrected chi connectivity index (χ1v) is 3.52. The molecule has 0 heterocycles. The molecule has 0 unspecified atom stereocenters. The topological polar surface area (TPSA) is 63.2 Å². The van der Waals surface area contributed by atoms with Gasteiger partial charge in [0.2, 0.25) is 11.8 Å². The molecule has 0 aromatic carbocycles. The van der Waals surface area contributed by atoms with Crippen LogP contribution in [0.1, 0.15) is 20.3 Å². The number of Topliss-reactive ketones (excluding diaryl/α,β-unsaturated/α-hetero) is 1. The fourth-order valence-electron chi connectivity index (χ4n) is 0.601. The Balaban J connectivity index is 3.85. The van der Waals surface area contributed by atoms with E-state index in [0.717, 1.165) is 0 Å². The second-order valence-electron chi connectivity index (χ2n) is 2.29. The Labute approximate surface area is 70.6 Å². The van der Waals surface area contributed by atoms with Crippen molar-refractivity contribution in [3.8, 4) is 0 Å². The molecule has 1 N–H and O–H groups in total. The van der Waals surface area contributed by atoms with Gasteiger partial charge in [-0.05, 0) is 19.9 Å². The minimum atomic E-state index is -0.564. The van der Waals surface area contributed by atoms with Crippen molar-refractivity contribution in [2.75, 3.05) is 0 Å². The van der Waals surface area contributed by atoms with Crippen LogP contribution in [-0.2, 0) is 14.4 Å². The van der Waals surface area contributed by atoms with E-state index in [2.05, 4.69) is 0 Å². The standard InChI is InChI=1S/C8H11NO3/c1-3-4-7(11)9-8(12)5-6(2)10/h3-4H,5H2,1-2H3,(H,9,11,12)/b4-3+. The number of carbonyl (C=O) groups is 3. The third-order valence-corrected chi connectivity index (χ3v) is 0.990. The van der Waals surface area contributed by atoms with E-state index in [4.69, 9.17) is 0 Å². The zero-order chi connectivity index (χ0) is 9.56. The number of amides is 2. The monoisotopic (exact) mass is 169 g/mol. The number of carbonyl (C=O) groups excluding carboxylic acids is 3. The quantitative estimate of drug-likeness (QED) is 0.484. The molecule has 0 saturated carbocycles. The largest absolute Gasteiger partial charge is 0.299 e. The van der Waals surface area contributed by atoms with E-state index in [-0.39, 0.29) is 12.2 Å².